The van der Waals surface area contributed by atoms with E-state index in [9.17, 15) is 0 Å². The molecule has 3 fully saturated rings. The standard InChI is InChI=1S/C17H31N3OS.HI/c1-5-18-16(19-11-6-7-12(10-11)22-4)20-14-13-8-9-21-15(13)17(14,2)3;/h11-15H,5-10H2,1-4H3,(H2,18,19,20);1H. The summed E-state index contributed by atoms with van der Waals surface area (Å²) in [4.78, 5) is 4.69. The van der Waals surface area contributed by atoms with Crippen LogP contribution < -0.4 is 10.6 Å². The van der Waals surface area contributed by atoms with E-state index in [0.717, 1.165) is 24.4 Å². The van der Waals surface area contributed by atoms with Gasteiger partial charge in [-0.2, -0.15) is 11.8 Å². The topological polar surface area (TPSA) is 45.7 Å². The minimum absolute atomic E-state index is 0. The van der Waals surface area contributed by atoms with E-state index in [4.69, 9.17) is 4.74 Å². The lowest BCUT2D eigenvalue weighted by atomic mass is 9.57. The van der Waals surface area contributed by atoms with Crippen molar-refractivity contribution in [3.05, 3.63) is 0 Å². The van der Waals surface area contributed by atoms with Crippen molar-refractivity contribution in [3.63, 3.8) is 0 Å². The van der Waals surface area contributed by atoms with Gasteiger partial charge in [-0.25, -0.2) is 0 Å². The lowest BCUT2D eigenvalue weighted by Crippen LogP contribution is -2.68. The molecule has 4 nitrogen and oxygen atoms in total. The summed E-state index contributed by atoms with van der Waals surface area (Å²) in [6, 6.07) is 1.06. The quantitative estimate of drug-likeness (QED) is 0.390. The number of ether oxygens (including phenoxy) is 1. The predicted octanol–water partition coefficient (Wildman–Crippen LogP) is 3.26. The van der Waals surface area contributed by atoms with E-state index in [1.54, 1.807) is 0 Å². The highest BCUT2D eigenvalue weighted by Gasteiger charge is 2.59. The van der Waals surface area contributed by atoms with Crippen molar-refractivity contribution in [2.45, 2.75) is 69.9 Å². The van der Waals surface area contributed by atoms with Gasteiger partial charge in [0.2, 0.25) is 0 Å². The van der Waals surface area contributed by atoms with Gasteiger partial charge in [-0.1, -0.05) is 13.8 Å². The van der Waals surface area contributed by atoms with Crippen LogP contribution >= 0.6 is 35.7 Å². The average molecular weight is 453 g/mol. The summed E-state index contributed by atoms with van der Waals surface area (Å²) in [7, 11) is 0. The molecule has 2 saturated carbocycles. The Morgan fingerprint density at radius 2 is 2.04 bits per heavy atom. The normalized spacial score (nSPS) is 38.4. The van der Waals surface area contributed by atoms with E-state index in [1.807, 2.05) is 11.8 Å². The van der Waals surface area contributed by atoms with Crippen LogP contribution in [0.3, 0.4) is 0 Å². The number of guanidine groups is 1. The van der Waals surface area contributed by atoms with Crippen LogP contribution in [-0.2, 0) is 4.74 Å². The van der Waals surface area contributed by atoms with Crippen molar-refractivity contribution in [2.24, 2.45) is 16.3 Å². The number of nitrogens with one attached hydrogen (secondary N) is 2. The maximum Gasteiger partial charge on any atom is 0.191 e. The van der Waals surface area contributed by atoms with E-state index >= 15 is 0 Å². The second kappa shape index (κ2) is 8.13. The Balaban J connectivity index is 0.00000192. The Kier molecular flexibility index (Phi) is 6.94. The molecule has 5 unspecified atom stereocenters. The van der Waals surface area contributed by atoms with Gasteiger partial charge < -0.3 is 15.4 Å². The maximum absolute atomic E-state index is 5.90. The number of fused-ring (bicyclic) bond motifs is 1. The van der Waals surface area contributed by atoms with Crippen LogP contribution in [0.4, 0.5) is 0 Å². The first-order valence-electron chi connectivity index (χ1n) is 8.78. The highest BCUT2D eigenvalue weighted by molar-refractivity contribution is 14.0. The Morgan fingerprint density at radius 3 is 2.70 bits per heavy atom. The van der Waals surface area contributed by atoms with Gasteiger partial charge in [-0.05, 0) is 38.9 Å². The zero-order valence-electron chi connectivity index (χ0n) is 14.8. The molecule has 0 spiro atoms. The minimum atomic E-state index is 0. The van der Waals surface area contributed by atoms with Crippen LogP contribution in [0.25, 0.3) is 0 Å². The fourth-order valence-electron chi connectivity index (χ4n) is 4.53. The number of thioether (sulfide) groups is 1. The molecule has 3 rings (SSSR count). The summed E-state index contributed by atoms with van der Waals surface area (Å²) in [5.41, 5.74) is 0.203. The fourth-order valence-corrected chi connectivity index (χ4v) is 5.33. The van der Waals surface area contributed by atoms with Gasteiger partial charge in [-0.3, -0.25) is 4.99 Å². The zero-order chi connectivity index (χ0) is 15.7. The van der Waals surface area contributed by atoms with Gasteiger partial charge in [0.1, 0.15) is 0 Å². The van der Waals surface area contributed by atoms with E-state index in [0.29, 0.717) is 24.1 Å². The summed E-state index contributed by atoms with van der Waals surface area (Å²) < 4.78 is 5.90. The minimum Gasteiger partial charge on any atom is -0.377 e. The maximum atomic E-state index is 5.90. The first kappa shape index (κ1) is 19.6. The zero-order valence-corrected chi connectivity index (χ0v) is 17.9. The van der Waals surface area contributed by atoms with Crippen LogP contribution in [0.5, 0.6) is 0 Å². The molecule has 23 heavy (non-hydrogen) atoms. The second-order valence-corrected chi connectivity index (χ2v) is 8.66. The monoisotopic (exact) mass is 453 g/mol. The molecule has 1 saturated heterocycles. The molecule has 3 aliphatic rings. The molecular formula is C17H32IN3OS. The first-order valence-corrected chi connectivity index (χ1v) is 10.1. The Bertz CT molecular complexity index is 432. The Labute approximate surface area is 162 Å². The highest BCUT2D eigenvalue weighted by Crippen LogP contribution is 2.52. The summed E-state index contributed by atoms with van der Waals surface area (Å²) in [5.74, 6) is 1.67. The SMILES string of the molecule is CCN=C(NC1CCC(SC)C1)NC1C2CCOC2C1(C)C.I. The van der Waals surface area contributed by atoms with Crippen LogP contribution in [0, 0.1) is 11.3 Å². The molecule has 1 aliphatic heterocycles. The fraction of sp³-hybridized carbons (Fsp3) is 0.941. The smallest absolute Gasteiger partial charge is 0.191 e. The number of rotatable bonds is 4. The lowest BCUT2D eigenvalue weighted by molar-refractivity contribution is -0.106. The van der Waals surface area contributed by atoms with Crippen molar-refractivity contribution in [3.8, 4) is 0 Å². The van der Waals surface area contributed by atoms with Crippen LogP contribution in [0.2, 0.25) is 0 Å². The van der Waals surface area contributed by atoms with Gasteiger partial charge >= 0.3 is 0 Å². The van der Waals surface area contributed by atoms with Crippen molar-refractivity contribution in [1.29, 1.82) is 0 Å². The lowest BCUT2D eigenvalue weighted by Gasteiger charge is -2.55. The Hall–Kier alpha value is 0.310. The van der Waals surface area contributed by atoms with Gasteiger partial charge in [0.15, 0.2) is 5.96 Å². The molecule has 0 aromatic heterocycles. The largest absolute Gasteiger partial charge is 0.377 e. The molecule has 0 amide bonds. The van der Waals surface area contributed by atoms with Crippen molar-refractivity contribution in [1.82, 2.24) is 10.6 Å². The van der Waals surface area contributed by atoms with Crippen LogP contribution in [0.1, 0.15) is 46.5 Å². The van der Waals surface area contributed by atoms with Crippen molar-refractivity contribution >= 4 is 41.7 Å². The molecule has 1 heterocycles. The Morgan fingerprint density at radius 1 is 1.26 bits per heavy atom. The number of aliphatic imine (C=N–C) groups is 1. The van der Waals surface area contributed by atoms with Gasteiger partial charge in [-0.15, -0.1) is 24.0 Å². The second-order valence-electron chi connectivity index (χ2n) is 7.52. The summed E-state index contributed by atoms with van der Waals surface area (Å²) >= 11 is 2.00. The molecule has 0 aromatic carbocycles. The molecule has 6 heteroatoms. The summed E-state index contributed by atoms with van der Waals surface area (Å²) in [5, 5.41) is 8.22. The van der Waals surface area contributed by atoms with E-state index in [1.165, 1.54) is 25.7 Å². The van der Waals surface area contributed by atoms with Crippen molar-refractivity contribution in [2.75, 3.05) is 19.4 Å². The molecular weight excluding hydrogens is 421 g/mol. The molecule has 2 aliphatic carbocycles. The number of hydrogen-bond acceptors (Lipinski definition) is 3. The number of hydrogen-bond donors (Lipinski definition) is 2. The highest BCUT2D eigenvalue weighted by atomic mass is 127. The predicted molar refractivity (Wildman–Crippen MR) is 110 cm³/mol. The van der Waals surface area contributed by atoms with E-state index < -0.39 is 0 Å². The van der Waals surface area contributed by atoms with Crippen LogP contribution in [0.15, 0.2) is 4.99 Å². The van der Waals surface area contributed by atoms with Gasteiger partial charge in [0.25, 0.3) is 0 Å². The molecule has 0 aromatic rings. The molecule has 0 radical (unpaired) electrons. The third-order valence-electron chi connectivity index (χ3n) is 5.77. The van der Waals surface area contributed by atoms with E-state index in [2.05, 4.69) is 42.7 Å². The van der Waals surface area contributed by atoms with E-state index in [-0.39, 0.29) is 29.4 Å². The summed E-state index contributed by atoms with van der Waals surface area (Å²) in [6.45, 7) is 8.49. The van der Waals surface area contributed by atoms with Gasteiger partial charge in [0.05, 0.1) is 6.10 Å². The third-order valence-corrected chi connectivity index (χ3v) is 6.86. The van der Waals surface area contributed by atoms with Crippen LogP contribution in [-0.4, -0.2) is 48.8 Å². The van der Waals surface area contributed by atoms with Crippen molar-refractivity contribution < 1.29 is 4.74 Å². The van der Waals surface area contributed by atoms with Gasteiger partial charge in [0, 0.05) is 41.8 Å². The first-order chi connectivity index (χ1) is 10.6. The molecule has 2 N–H and O–H groups in total. The molecule has 134 valence electrons. The number of halogens is 1. The third kappa shape index (κ3) is 3.94. The molecule has 5 atom stereocenters. The summed E-state index contributed by atoms with van der Waals surface area (Å²) in [6.07, 6.45) is 7.69. The number of nitrogens with zero attached hydrogens (tertiary/aromatic N) is 1. The average Bonchev–Trinajstić information content (AvgIpc) is 3.12. The molecule has 0 bridgehead atoms.